The van der Waals surface area contributed by atoms with E-state index in [1.54, 1.807) is 0 Å². The molecule has 6 nitrogen and oxygen atoms in total. The predicted molar refractivity (Wildman–Crippen MR) is 63.2 cm³/mol. The molecule has 0 aromatic heterocycles. The third-order valence-corrected chi connectivity index (χ3v) is 2.32. The van der Waals surface area contributed by atoms with E-state index in [0.717, 1.165) is 0 Å². The summed E-state index contributed by atoms with van der Waals surface area (Å²) in [6.07, 6.45) is 0. The van der Waals surface area contributed by atoms with Crippen LogP contribution < -0.4 is 5.32 Å². The van der Waals surface area contributed by atoms with Gasteiger partial charge in [0.25, 0.3) is 5.69 Å². The third-order valence-electron chi connectivity index (χ3n) is 2.08. The number of anilines is 1. The molecule has 0 radical (unpaired) electrons. The van der Waals surface area contributed by atoms with E-state index in [0.29, 0.717) is 5.02 Å². The molecule has 92 valence electrons. The first-order chi connectivity index (χ1) is 7.95. The number of carbonyl (C=O) groups is 1. The van der Waals surface area contributed by atoms with Gasteiger partial charge in [-0.25, -0.2) is 4.79 Å². The van der Waals surface area contributed by atoms with Crippen molar-refractivity contribution in [1.29, 1.82) is 0 Å². The zero-order chi connectivity index (χ0) is 13.0. The van der Waals surface area contributed by atoms with Crippen molar-refractivity contribution >= 4 is 28.9 Å². The molecule has 0 aliphatic rings. The summed E-state index contributed by atoms with van der Waals surface area (Å²) in [5.41, 5.74) is 0.0329. The van der Waals surface area contributed by atoms with E-state index < -0.39 is 16.9 Å². The molecule has 1 unspecified atom stereocenters. The molecule has 0 bridgehead atoms. The van der Waals surface area contributed by atoms with Crippen LogP contribution in [0.5, 0.6) is 0 Å². The van der Waals surface area contributed by atoms with Crippen LogP contribution in [0.1, 0.15) is 6.92 Å². The molecular formula is C10H11ClN2O4. The summed E-state index contributed by atoms with van der Waals surface area (Å²) in [6.45, 7) is 1.54. The summed E-state index contributed by atoms with van der Waals surface area (Å²) in [4.78, 5) is 21.4. The topological polar surface area (TPSA) is 81.5 Å². The number of benzene rings is 1. The Bertz CT molecular complexity index is 450. The van der Waals surface area contributed by atoms with Crippen LogP contribution in [0, 0.1) is 10.1 Å². The standard InChI is InChI=1S/C10H11ClN2O4/c1-6(10(14)17-2)12-8-5-7(11)3-4-9(8)13(15)16/h3-6,12H,1-2H3. The van der Waals surface area contributed by atoms with Crippen LogP contribution in [0.25, 0.3) is 0 Å². The second-order valence-electron chi connectivity index (χ2n) is 3.31. The highest BCUT2D eigenvalue weighted by atomic mass is 35.5. The molecule has 1 rings (SSSR count). The van der Waals surface area contributed by atoms with Gasteiger partial charge in [0, 0.05) is 11.1 Å². The fraction of sp³-hybridized carbons (Fsp3) is 0.300. The molecule has 0 aliphatic carbocycles. The largest absolute Gasteiger partial charge is 0.467 e. The molecule has 0 fully saturated rings. The Morgan fingerprint density at radius 2 is 2.24 bits per heavy atom. The van der Waals surface area contributed by atoms with Crippen LogP contribution in [0.4, 0.5) is 11.4 Å². The number of esters is 1. The quantitative estimate of drug-likeness (QED) is 0.509. The second kappa shape index (κ2) is 5.49. The molecule has 1 aromatic rings. The number of rotatable bonds is 4. The number of hydrogen-bond donors (Lipinski definition) is 1. The first kappa shape index (κ1) is 13.2. The van der Waals surface area contributed by atoms with Gasteiger partial charge in [-0.1, -0.05) is 11.6 Å². The number of methoxy groups -OCH3 is 1. The van der Waals surface area contributed by atoms with Gasteiger partial charge in [-0.05, 0) is 19.1 Å². The highest BCUT2D eigenvalue weighted by Gasteiger charge is 2.19. The minimum absolute atomic E-state index is 0.148. The van der Waals surface area contributed by atoms with Gasteiger partial charge in [-0.15, -0.1) is 0 Å². The normalized spacial score (nSPS) is 11.7. The van der Waals surface area contributed by atoms with E-state index in [1.807, 2.05) is 0 Å². The van der Waals surface area contributed by atoms with Gasteiger partial charge in [-0.2, -0.15) is 0 Å². The smallest absolute Gasteiger partial charge is 0.327 e. The van der Waals surface area contributed by atoms with Crippen LogP contribution in [0.15, 0.2) is 18.2 Å². The van der Waals surface area contributed by atoms with Gasteiger partial charge in [0.1, 0.15) is 11.7 Å². The lowest BCUT2D eigenvalue weighted by Gasteiger charge is -2.13. The van der Waals surface area contributed by atoms with Crippen molar-refractivity contribution in [3.63, 3.8) is 0 Å². The Labute approximate surface area is 103 Å². The Kier molecular flexibility index (Phi) is 4.28. The van der Waals surface area contributed by atoms with E-state index in [2.05, 4.69) is 10.1 Å². The molecule has 17 heavy (non-hydrogen) atoms. The van der Waals surface area contributed by atoms with Gasteiger partial charge < -0.3 is 10.1 Å². The zero-order valence-corrected chi connectivity index (χ0v) is 10.0. The van der Waals surface area contributed by atoms with Gasteiger partial charge in [0.15, 0.2) is 0 Å². The summed E-state index contributed by atoms with van der Waals surface area (Å²) in [7, 11) is 1.24. The van der Waals surface area contributed by atoms with E-state index in [-0.39, 0.29) is 11.4 Å². The van der Waals surface area contributed by atoms with Gasteiger partial charge in [0.2, 0.25) is 0 Å². The van der Waals surface area contributed by atoms with Crippen molar-refractivity contribution in [2.75, 3.05) is 12.4 Å². The van der Waals surface area contributed by atoms with Crippen molar-refractivity contribution in [3.8, 4) is 0 Å². The zero-order valence-electron chi connectivity index (χ0n) is 9.27. The first-order valence-electron chi connectivity index (χ1n) is 4.74. The lowest BCUT2D eigenvalue weighted by molar-refractivity contribution is -0.384. The van der Waals surface area contributed by atoms with Crippen molar-refractivity contribution in [3.05, 3.63) is 33.3 Å². The summed E-state index contributed by atoms with van der Waals surface area (Å²) in [5.74, 6) is -0.515. The monoisotopic (exact) mass is 258 g/mol. The number of ether oxygens (including phenoxy) is 1. The van der Waals surface area contributed by atoms with E-state index in [4.69, 9.17) is 11.6 Å². The number of nitrogens with zero attached hydrogens (tertiary/aromatic N) is 1. The van der Waals surface area contributed by atoms with Crippen LogP contribution in [-0.4, -0.2) is 24.0 Å². The maximum absolute atomic E-state index is 11.2. The van der Waals surface area contributed by atoms with E-state index >= 15 is 0 Å². The first-order valence-corrected chi connectivity index (χ1v) is 5.11. The van der Waals surface area contributed by atoms with E-state index in [9.17, 15) is 14.9 Å². The maximum Gasteiger partial charge on any atom is 0.327 e. The minimum atomic E-state index is -0.697. The molecule has 0 spiro atoms. The molecule has 0 amide bonds. The Balaban J connectivity index is 3.00. The van der Waals surface area contributed by atoms with E-state index in [1.165, 1.54) is 32.2 Å². The Hall–Kier alpha value is -1.82. The molecule has 1 atom stereocenters. The number of hydrogen-bond acceptors (Lipinski definition) is 5. The number of nitrogens with one attached hydrogen (secondary N) is 1. The van der Waals surface area contributed by atoms with Gasteiger partial charge in [0.05, 0.1) is 12.0 Å². The average molecular weight is 259 g/mol. The Morgan fingerprint density at radius 1 is 1.59 bits per heavy atom. The molecular weight excluding hydrogens is 248 g/mol. The summed E-state index contributed by atoms with van der Waals surface area (Å²) in [5, 5.41) is 13.8. The number of carbonyl (C=O) groups excluding carboxylic acids is 1. The van der Waals surface area contributed by atoms with Crippen molar-refractivity contribution < 1.29 is 14.5 Å². The van der Waals surface area contributed by atoms with Crippen molar-refractivity contribution in [2.24, 2.45) is 0 Å². The van der Waals surface area contributed by atoms with Crippen LogP contribution in [0.2, 0.25) is 5.02 Å². The number of nitro groups is 1. The van der Waals surface area contributed by atoms with Crippen LogP contribution >= 0.6 is 11.6 Å². The van der Waals surface area contributed by atoms with Gasteiger partial charge in [-0.3, -0.25) is 10.1 Å². The van der Waals surface area contributed by atoms with Gasteiger partial charge >= 0.3 is 5.97 Å². The lowest BCUT2D eigenvalue weighted by atomic mass is 10.2. The maximum atomic E-state index is 11.2. The average Bonchev–Trinajstić information content (AvgIpc) is 2.27. The molecule has 0 saturated carbocycles. The highest BCUT2D eigenvalue weighted by molar-refractivity contribution is 6.31. The van der Waals surface area contributed by atoms with Crippen molar-refractivity contribution in [1.82, 2.24) is 0 Å². The lowest BCUT2D eigenvalue weighted by Crippen LogP contribution is -2.27. The summed E-state index contributed by atoms with van der Waals surface area (Å²) in [6, 6.07) is 3.37. The summed E-state index contributed by atoms with van der Waals surface area (Å²) >= 11 is 5.74. The molecule has 1 N–H and O–H groups in total. The number of halogens is 1. The predicted octanol–water partition coefficient (Wildman–Crippen LogP) is 2.22. The molecule has 0 aliphatic heterocycles. The van der Waals surface area contributed by atoms with Crippen LogP contribution in [0.3, 0.4) is 0 Å². The molecule has 1 aromatic carbocycles. The molecule has 0 heterocycles. The third kappa shape index (κ3) is 3.32. The Morgan fingerprint density at radius 3 is 2.76 bits per heavy atom. The highest BCUT2D eigenvalue weighted by Crippen LogP contribution is 2.28. The SMILES string of the molecule is COC(=O)C(C)Nc1cc(Cl)ccc1[N+](=O)[O-]. The summed E-state index contributed by atoms with van der Waals surface area (Å²) < 4.78 is 4.51. The minimum Gasteiger partial charge on any atom is -0.467 e. The second-order valence-corrected chi connectivity index (χ2v) is 3.74. The molecule has 7 heteroatoms. The van der Waals surface area contributed by atoms with Crippen molar-refractivity contribution in [2.45, 2.75) is 13.0 Å². The van der Waals surface area contributed by atoms with Crippen LogP contribution in [-0.2, 0) is 9.53 Å². The fourth-order valence-corrected chi connectivity index (χ4v) is 1.42. The number of nitro benzene ring substituents is 1. The fourth-order valence-electron chi connectivity index (χ4n) is 1.25. The molecule has 0 saturated heterocycles.